The zero-order valence-corrected chi connectivity index (χ0v) is 15.3. The van der Waals surface area contributed by atoms with Crippen LogP contribution in [0.5, 0.6) is 0 Å². The van der Waals surface area contributed by atoms with Crippen LogP contribution in [0.4, 0.5) is 0 Å². The van der Waals surface area contributed by atoms with E-state index in [1.54, 1.807) is 0 Å². The summed E-state index contributed by atoms with van der Waals surface area (Å²) in [6.07, 6.45) is 0. The van der Waals surface area contributed by atoms with Gasteiger partial charge < -0.3 is 0 Å². The molecule has 0 saturated heterocycles. The smallest absolute Gasteiger partial charge is 0.197 e. The first kappa shape index (κ1) is 16.1. The molecule has 0 amide bonds. The van der Waals surface area contributed by atoms with Gasteiger partial charge in [-0.25, -0.2) is 4.98 Å². The molecule has 0 aliphatic carbocycles. The first-order chi connectivity index (χ1) is 11.0. The van der Waals surface area contributed by atoms with Crippen LogP contribution in [0.3, 0.4) is 0 Å². The van der Waals surface area contributed by atoms with Gasteiger partial charge in [0.2, 0.25) is 0 Å². The van der Waals surface area contributed by atoms with Gasteiger partial charge in [0.1, 0.15) is 5.82 Å². The summed E-state index contributed by atoms with van der Waals surface area (Å²) in [6.45, 7) is 5.72. The molecule has 0 radical (unpaired) electrons. The fourth-order valence-electron chi connectivity index (χ4n) is 2.34. The van der Waals surface area contributed by atoms with Crippen molar-refractivity contribution in [2.75, 3.05) is 0 Å². The lowest BCUT2D eigenvalue weighted by Gasteiger charge is -2.10. The number of halogens is 1. The molecule has 3 aromatic rings. The van der Waals surface area contributed by atoms with Gasteiger partial charge in [0, 0.05) is 21.8 Å². The molecule has 2 heterocycles. The monoisotopic (exact) mass is 390 g/mol. The number of carbonyl (C=O) groups excluding carboxylic acids is 1. The predicted octanol–water partition coefficient (Wildman–Crippen LogP) is 3.87. The Hall–Kier alpha value is -1.73. The summed E-state index contributed by atoms with van der Waals surface area (Å²) >= 11 is 4.77. The number of fused-ring (bicyclic) bond motifs is 1. The number of Topliss-reactive ketones (excluding diaryl/α,β-unsaturated/α-hetero) is 1. The van der Waals surface area contributed by atoms with Crippen LogP contribution in [0.2, 0.25) is 0 Å². The van der Waals surface area contributed by atoms with Crippen molar-refractivity contribution in [3.8, 4) is 0 Å². The first-order valence-corrected chi connectivity index (χ1v) is 8.79. The lowest BCUT2D eigenvalue weighted by molar-refractivity contribution is 0.0994. The van der Waals surface area contributed by atoms with E-state index >= 15 is 0 Å². The number of carbonyl (C=O) groups is 1. The van der Waals surface area contributed by atoms with Gasteiger partial charge >= 0.3 is 0 Å². The van der Waals surface area contributed by atoms with Crippen molar-refractivity contribution in [3.05, 3.63) is 51.9 Å². The van der Waals surface area contributed by atoms with Crippen LogP contribution >= 0.6 is 27.7 Å². The lowest BCUT2D eigenvalue weighted by atomic mass is 10.1. The topological polar surface area (TPSA) is 60.2 Å². The Labute approximate surface area is 146 Å². The number of nitrogens with zero attached hydrogens (tertiary/aromatic N) is 4. The van der Waals surface area contributed by atoms with Gasteiger partial charge in [0.25, 0.3) is 0 Å². The normalized spacial score (nSPS) is 12.5. The summed E-state index contributed by atoms with van der Waals surface area (Å²) in [5, 5.41) is 8.80. The third-order valence-electron chi connectivity index (χ3n) is 3.44. The van der Waals surface area contributed by atoms with E-state index in [2.05, 4.69) is 31.1 Å². The molecule has 118 valence electrons. The summed E-state index contributed by atoms with van der Waals surface area (Å²) in [5.74, 6) is 0.882. The molecule has 1 aromatic carbocycles. The summed E-state index contributed by atoms with van der Waals surface area (Å²) in [5.41, 5.74) is 2.34. The quantitative estimate of drug-likeness (QED) is 0.499. The van der Waals surface area contributed by atoms with Crippen LogP contribution in [-0.4, -0.2) is 30.6 Å². The van der Waals surface area contributed by atoms with Crippen LogP contribution in [0.25, 0.3) is 5.65 Å². The van der Waals surface area contributed by atoms with Gasteiger partial charge in [0.05, 0.1) is 5.25 Å². The molecule has 0 N–H and O–H groups in total. The zero-order chi connectivity index (χ0) is 16.6. The van der Waals surface area contributed by atoms with Crippen LogP contribution in [0, 0.1) is 13.8 Å². The molecule has 0 bridgehead atoms. The van der Waals surface area contributed by atoms with Gasteiger partial charge in [-0.1, -0.05) is 39.8 Å². The van der Waals surface area contributed by atoms with Crippen molar-refractivity contribution in [1.82, 2.24) is 19.6 Å². The minimum absolute atomic E-state index is 0.0666. The van der Waals surface area contributed by atoms with Crippen LogP contribution in [0.1, 0.15) is 28.8 Å². The SMILES string of the molecule is Cc1cc2nnc(SC(C)C(=O)c3ccc(Br)cc3)n2c(C)n1. The third kappa shape index (κ3) is 3.30. The van der Waals surface area contributed by atoms with E-state index in [9.17, 15) is 4.79 Å². The molecule has 3 rings (SSSR count). The fraction of sp³-hybridized carbons (Fsp3) is 0.250. The van der Waals surface area contributed by atoms with Crippen molar-refractivity contribution in [2.24, 2.45) is 0 Å². The average molecular weight is 391 g/mol. The molecule has 2 aromatic heterocycles. The number of thioether (sulfide) groups is 1. The molecule has 23 heavy (non-hydrogen) atoms. The molecular weight excluding hydrogens is 376 g/mol. The maximum Gasteiger partial charge on any atom is 0.197 e. The Balaban J connectivity index is 1.87. The largest absolute Gasteiger partial charge is 0.293 e. The highest BCUT2D eigenvalue weighted by Crippen LogP contribution is 2.26. The predicted molar refractivity (Wildman–Crippen MR) is 94.0 cm³/mol. The second-order valence-electron chi connectivity index (χ2n) is 5.25. The Morgan fingerprint density at radius 2 is 1.91 bits per heavy atom. The van der Waals surface area contributed by atoms with E-state index in [0.717, 1.165) is 21.6 Å². The van der Waals surface area contributed by atoms with E-state index < -0.39 is 0 Å². The molecule has 5 nitrogen and oxygen atoms in total. The number of aryl methyl sites for hydroxylation is 2. The van der Waals surface area contributed by atoms with E-state index in [-0.39, 0.29) is 11.0 Å². The van der Waals surface area contributed by atoms with Gasteiger partial charge in [-0.2, -0.15) is 0 Å². The lowest BCUT2D eigenvalue weighted by Crippen LogP contribution is -2.14. The second-order valence-corrected chi connectivity index (χ2v) is 7.48. The highest BCUT2D eigenvalue weighted by Gasteiger charge is 2.20. The van der Waals surface area contributed by atoms with E-state index in [0.29, 0.717) is 10.7 Å². The number of aromatic nitrogens is 4. The fourth-order valence-corrected chi connectivity index (χ4v) is 3.58. The molecule has 0 spiro atoms. The third-order valence-corrected chi connectivity index (χ3v) is 5.01. The van der Waals surface area contributed by atoms with Crippen LogP contribution in [-0.2, 0) is 0 Å². The van der Waals surface area contributed by atoms with Gasteiger partial charge in [-0.3, -0.25) is 9.20 Å². The highest BCUT2D eigenvalue weighted by molar-refractivity contribution is 9.10. The van der Waals surface area contributed by atoms with Gasteiger partial charge in [-0.15, -0.1) is 10.2 Å². The van der Waals surface area contributed by atoms with E-state index in [4.69, 9.17) is 0 Å². The standard InChI is InChI=1S/C16H15BrN4OS/c1-9-8-14-19-20-16(21(14)11(3)18-9)23-10(2)15(22)12-4-6-13(17)7-5-12/h4-8,10H,1-3H3. The number of benzene rings is 1. The Kier molecular flexibility index (Phi) is 4.50. The van der Waals surface area contributed by atoms with Crippen molar-refractivity contribution < 1.29 is 4.79 Å². The zero-order valence-electron chi connectivity index (χ0n) is 12.9. The molecule has 0 aliphatic rings. The molecular formula is C16H15BrN4OS. The molecule has 0 fully saturated rings. The maximum atomic E-state index is 12.5. The van der Waals surface area contributed by atoms with E-state index in [1.165, 1.54) is 11.8 Å². The Bertz CT molecular complexity index is 876. The number of hydrogen-bond donors (Lipinski definition) is 0. The first-order valence-electron chi connectivity index (χ1n) is 7.11. The number of hydrogen-bond acceptors (Lipinski definition) is 5. The van der Waals surface area contributed by atoms with Crippen molar-refractivity contribution in [2.45, 2.75) is 31.2 Å². The molecule has 7 heteroatoms. The summed E-state index contributed by atoms with van der Waals surface area (Å²) in [6, 6.07) is 9.26. The highest BCUT2D eigenvalue weighted by atomic mass is 79.9. The van der Waals surface area contributed by atoms with Gasteiger partial charge in [-0.05, 0) is 32.9 Å². The number of ketones is 1. The van der Waals surface area contributed by atoms with Crippen molar-refractivity contribution in [3.63, 3.8) is 0 Å². The Morgan fingerprint density at radius 3 is 2.61 bits per heavy atom. The van der Waals surface area contributed by atoms with Crippen LogP contribution < -0.4 is 0 Å². The van der Waals surface area contributed by atoms with Crippen molar-refractivity contribution >= 4 is 39.1 Å². The summed E-state index contributed by atoms with van der Waals surface area (Å²) in [4.78, 5) is 17.0. The minimum Gasteiger partial charge on any atom is -0.293 e. The van der Waals surface area contributed by atoms with E-state index in [1.807, 2.05) is 55.5 Å². The maximum absolute atomic E-state index is 12.5. The minimum atomic E-state index is -0.260. The second kappa shape index (κ2) is 6.41. The summed E-state index contributed by atoms with van der Waals surface area (Å²) < 4.78 is 2.83. The summed E-state index contributed by atoms with van der Waals surface area (Å²) in [7, 11) is 0. The molecule has 0 aliphatic heterocycles. The molecule has 1 unspecified atom stereocenters. The number of rotatable bonds is 4. The van der Waals surface area contributed by atoms with Gasteiger partial charge in [0.15, 0.2) is 16.6 Å². The Morgan fingerprint density at radius 1 is 1.22 bits per heavy atom. The molecule has 1 atom stereocenters. The van der Waals surface area contributed by atoms with Crippen LogP contribution in [0.15, 0.2) is 40.0 Å². The van der Waals surface area contributed by atoms with Crippen molar-refractivity contribution in [1.29, 1.82) is 0 Å². The average Bonchev–Trinajstić information content (AvgIpc) is 2.90. The molecule has 0 saturated carbocycles.